The van der Waals surface area contributed by atoms with Gasteiger partial charge in [0.1, 0.15) is 0 Å². The molecule has 0 bridgehead atoms. The first-order chi connectivity index (χ1) is 12.6. The zero-order chi connectivity index (χ0) is 18.5. The van der Waals surface area contributed by atoms with Crippen molar-refractivity contribution < 1.29 is 14.3 Å². The molecule has 0 fully saturated rings. The monoisotopic (exact) mass is 350 g/mol. The Kier molecular flexibility index (Phi) is 5.07. The molecule has 3 aromatic rings. The lowest BCUT2D eigenvalue weighted by Crippen LogP contribution is -2.13. The summed E-state index contributed by atoms with van der Waals surface area (Å²) >= 11 is 0. The van der Waals surface area contributed by atoms with Crippen molar-refractivity contribution in [2.45, 2.75) is 13.8 Å². The quantitative estimate of drug-likeness (QED) is 0.715. The summed E-state index contributed by atoms with van der Waals surface area (Å²) in [6.45, 7) is 3.94. The molecule has 1 N–H and O–H groups in total. The molecule has 0 aliphatic rings. The Morgan fingerprint density at radius 1 is 1.12 bits per heavy atom. The third kappa shape index (κ3) is 3.77. The molecule has 0 spiro atoms. The Morgan fingerprint density at radius 2 is 1.88 bits per heavy atom. The molecule has 0 aliphatic heterocycles. The fourth-order valence-corrected chi connectivity index (χ4v) is 2.44. The van der Waals surface area contributed by atoms with Crippen LogP contribution in [0.25, 0.3) is 5.69 Å². The third-order valence-electron chi connectivity index (χ3n) is 3.73. The number of benzene rings is 2. The number of ether oxygens (including phenoxy) is 1. The fraction of sp³-hybridized carbons (Fsp3) is 0.158. The Balaban J connectivity index is 1.73. The molecule has 132 valence electrons. The Hall–Kier alpha value is -3.48. The van der Waals surface area contributed by atoms with Crippen LogP contribution in [0.4, 0.5) is 5.69 Å². The SMILES string of the molecule is CCOC(=O)c1cccc(NC(=O)c2ccc(-n3nncc3C)cc2)c1. The van der Waals surface area contributed by atoms with E-state index in [0.717, 1.165) is 11.4 Å². The van der Waals surface area contributed by atoms with Gasteiger partial charge in [0, 0.05) is 11.3 Å². The average molecular weight is 350 g/mol. The van der Waals surface area contributed by atoms with E-state index >= 15 is 0 Å². The second-order valence-electron chi connectivity index (χ2n) is 5.59. The van der Waals surface area contributed by atoms with Gasteiger partial charge in [0.15, 0.2) is 0 Å². The Bertz CT molecular complexity index is 932. The van der Waals surface area contributed by atoms with E-state index < -0.39 is 5.97 Å². The lowest BCUT2D eigenvalue weighted by Gasteiger charge is -2.08. The third-order valence-corrected chi connectivity index (χ3v) is 3.73. The molecule has 1 amide bonds. The first-order valence-corrected chi connectivity index (χ1v) is 8.14. The molecule has 3 rings (SSSR count). The normalized spacial score (nSPS) is 10.4. The van der Waals surface area contributed by atoms with Crippen LogP contribution in [-0.2, 0) is 4.74 Å². The minimum Gasteiger partial charge on any atom is -0.462 e. The number of aryl methyl sites for hydroxylation is 1. The van der Waals surface area contributed by atoms with Crippen LogP contribution in [0.3, 0.4) is 0 Å². The molecule has 1 aromatic heterocycles. The topological polar surface area (TPSA) is 86.1 Å². The van der Waals surface area contributed by atoms with Crippen LogP contribution >= 0.6 is 0 Å². The zero-order valence-electron chi connectivity index (χ0n) is 14.5. The highest BCUT2D eigenvalue weighted by molar-refractivity contribution is 6.05. The van der Waals surface area contributed by atoms with Crippen molar-refractivity contribution in [3.8, 4) is 5.69 Å². The van der Waals surface area contributed by atoms with Crippen molar-refractivity contribution in [2.24, 2.45) is 0 Å². The van der Waals surface area contributed by atoms with Gasteiger partial charge in [0.05, 0.1) is 29.7 Å². The largest absolute Gasteiger partial charge is 0.462 e. The molecule has 0 unspecified atom stereocenters. The Labute approximate surface area is 150 Å². The summed E-state index contributed by atoms with van der Waals surface area (Å²) in [5.41, 5.74) is 3.13. The van der Waals surface area contributed by atoms with Crippen molar-refractivity contribution in [1.29, 1.82) is 0 Å². The van der Waals surface area contributed by atoms with Crippen LogP contribution in [0.5, 0.6) is 0 Å². The second kappa shape index (κ2) is 7.60. The van der Waals surface area contributed by atoms with Crippen LogP contribution in [0.15, 0.2) is 54.7 Å². The number of hydrogen-bond donors (Lipinski definition) is 1. The van der Waals surface area contributed by atoms with E-state index in [-0.39, 0.29) is 5.91 Å². The maximum Gasteiger partial charge on any atom is 0.338 e. The first-order valence-electron chi connectivity index (χ1n) is 8.14. The summed E-state index contributed by atoms with van der Waals surface area (Å²) in [5, 5.41) is 10.6. The van der Waals surface area contributed by atoms with E-state index in [1.807, 2.05) is 6.92 Å². The van der Waals surface area contributed by atoms with Crippen molar-refractivity contribution in [2.75, 3.05) is 11.9 Å². The summed E-state index contributed by atoms with van der Waals surface area (Å²) < 4.78 is 6.65. The van der Waals surface area contributed by atoms with Gasteiger partial charge in [0.25, 0.3) is 5.91 Å². The van der Waals surface area contributed by atoms with E-state index in [1.165, 1.54) is 0 Å². The molecule has 0 atom stereocenters. The van der Waals surface area contributed by atoms with Crippen LogP contribution in [-0.4, -0.2) is 33.5 Å². The zero-order valence-corrected chi connectivity index (χ0v) is 14.5. The number of nitrogens with zero attached hydrogens (tertiary/aromatic N) is 3. The number of aromatic nitrogens is 3. The van der Waals surface area contributed by atoms with E-state index in [1.54, 1.807) is 66.3 Å². The summed E-state index contributed by atoms with van der Waals surface area (Å²) in [5.74, 6) is -0.691. The predicted molar refractivity (Wildman–Crippen MR) is 96.4 cm³/mol. The molecule has 0 saturated carbocycles. The molecular formula is C19H18N4O3. The molecule has 0 aliphatic carbocycles. The molecule has 26 heavy (non-hydrogen) atoms. The van der Waals surface area contributed by atoms with Gasteiger partial charge in [-0.25, -0.2) is 9.48 Å². The maximum absolute atomic E-state index is 12.4. The molecule has 7 nitrogen and oxygen atoms in total. The van der Waals surface area contributed by atoms with Gasteiger partial charge in [0.2, 0.25) is 0 Å². The number of nitrogens with one attached hydrogen (secondary N) is 1. The van der Waals surface area contributed by atoms with Gasteiger partial charge in [-0.1, -0.05) is 11.3 Å². The summed E-state index contributed by atoms with van der Waals surface area (Å²) in [4.78, 5) is 24.2. The van der Waals surface area contributed by atoms with E-state index in [2.05, 4.69) is 15.6 Å². The van der Waals surface area contributed by atoms with Crippen molar-refractivity contribution in [3.63, 3.8) is 0 Å². The average Bonchev–Trinajstić information content (AvgIpc) is 3.08. The number of carbonyl (C=O) groups is 2. The first kappa shape index (κ1) is 17.3. The van der Waals surface area contributed by atoms with Crippen LogP contribution in [0.1, 0.15) is 33.3 Å². The highest BCUT2D eigenvalue weighted by Crippen LogP contribution is 2.15. The van der Waals surface area contributed by atoms with Gasteiger partial charge >= 0.3 is 5.97 Å². The van der Waals surface area contributed by atoms with Crippen molar-refractivity contribution in [1.82, 2.24) is 15.0 Å². The maximum atomic E-state index is 12.4. The molecule has 7 heteroatoms. The van der Waals surface area contributed by atoms with E-state index in [0.29, 0.717) is 23.4 Å². The molecule has 0 radical (unpaired) electrons. The van der Waals surface area contributed by atoms with Gasteiger partial charge in [-0.05, 0) is 56.3 Å². The van der Waals surface area contributed by atoms with Gasteiger partial charge in [-0.15, -0.1) is 5.10 Å². The van der Waals surface area contributed by atoms with E-state index in [4.69, 9.17) is 4.74 Å². The van der Waals surface area contributed by atoms with E-state index in [9.17, 15) is 9.59 Å². The molecule has 1 heterocycles. The lowest BCUT2D eigenvalue weighted by molar-refractivity contribution is 0.0526. The number of esters is 1. The highest BCUT2D eigenvalue weighted by atomic mass is 16.5. The number of carbonyl (C=O) groups excluding carboxylic acids is 2. The Morgan fingerprint density at radius 3 is 2.54 bits per heavy atom. The number of hydrogen-bond acceptors (Lipinski definition) is 5. The lowest BCUT2D eigenvalue weighted by atomic mass is 10.1. The second-order valence-corrected chi connectivity index (χ2v) is 5.59. The standard InChI is InChI=1S/C19H18N4O3/c1-3-26-19(25)15-5-4-6-16(11-15)21-18(24)14-7-9-17(10-8-14)23-13(2)12-20-22-23/h4-12H,3H2,1-2H3,(H,21,24). The summed E-state index contributed by atoms with van der Waals surface area (Å²) in [7, 11) is 0. The van der Waals surface area contributed by atoms with Crippen LogP contribution < -0.4 is 5.32 Å². The van der Waals surface area contributed by atoms with Crippen molar-refractivity contribution >= 4 is 17.6 Å². The van der Waals surface area contributed by atoms with Gasteiger partial charge < -0.3 is 10.1 Å². The molecule has 0 saturated heterocycles. The molecule has 2 aromatic carbocycles. The number of rotatable bonds is 5. The fourth-order valence-electron chi connectivity index (χ4n) is 2.44. The summed E-state index contributed by atoms with van der Waals surface area (Å²) in [6, 6.07) is 13.7. The number of anilines is 1. The minimum atomic E-state index is -0.420. The van der Waals surface area contributed by atoms with Gasteiger partial charge in [-0.3, -0.25) is 4.79 Å². The molecular weight excluding hydrogens is 332 g/mol. The highest BCUT2D eigenvalue weighted by Gasteiger charge is 2.10. The summed E-state index contributed by atoms with van der Waals surface area (Å²) in [6.07, 6.45) is 1.66. The number of amides is 1. The van der Waals surface area contributed by atoms with Crippen molar-refractivity contribution in [3.05, 3.63) is 71.5 Å². The smallest absolute Gasteiger partial charge is 0.338 e. The van der Waals surface area contributed by atoms with Crippen LogP contribution in [0.2, 0.25) is 0 Å². The van der Waals surface area contributed by atoms with Gasteiger partial charge in [-0.2, -0.15) is 0 Å². The van der Waals surface area contributed by atoms with Crippen LogP contribution in [0, 0.1) is 6.92 Å². The predicted octanol–water partition coefficient (Wildman–Crippen LogP) is 3.00. The minimum absolute atomic E-state index is 0.270.